The zero-order valence-electron chi connectivity index (χ0n) is 20.1. The van der Waals surface area contributed by atoms with E-state index in [1.807, 2.05) is 37.2 Å². The minimum Gasteiger partial charge on any atom is -0.462 e. The number of benzene rings is 3. The SMILES string of the molecule is CCOC(=O)c1cccc(NC(=O)NNc2nc3ccccc3c(=O)n2-c2cccc(N(C)C)c2)c1. The van der Waals surface area contributed by atoms with E-state index in [0.29, 0.717) is 27.8 Å². The molecule has 4 rings (SSSR count). The monoisotopic (exact) mass is 486 g/mol. The van der Waals surface area contributed by atoms with Gasteiger partial charge in [0.15, 0.2) is 0 Å². The summed E-state index contributed by atoms with van der Waals surface area (Å²) in [5, 5.41) is 3.09. The predicted molar refractivity (Wildman–Crippen MR) is 140 cm³/mol. The van der Waals surface area contributed by atoms with Gasteiger partial charge in [-0.3, -0.25) is 10.2 Å². The molecule has 0 atom stereocenters. The van der Waals surface area contributed by atoms with Crippen LogP contribution < -0.4 is 26.6 Å². The summed E-state index contributed by atoms with van der Waals surface area (Å²) in [6, 6.07) is 20.1. The Morgan fingerprint density at radius 3 is 2.56 bits per heavy atom. The molecular formula is C26H26N6O4. The third kappa shape index (κ3) is 5.27. The lowest BCUT2D eigenvalue weighted by Crippen LogP contribution is -2.36. The second-order valence-electron chi connectivity index (χ2n) is 8.01. The van der Waals surface area contributed by atoms with Crippen molar-refractivity contribution in [1.29, 1.82) is 0 Å². The number of nitrogens with one attached hydrogen (secondary N) is 3. The van der Waals surface area contributed by atoms with Crippen LogP contribution in [0.2, 0.25) is 0 Å². The molecule has 0 aliphatic carbocycles. The number of hydrogen-bond acceptors (Lipinski definition) is 7. The van der Waals surface area contributed by atoms with E-state index in [-0.39, 0.29) is 18.1 Å². The van der Waals surface area contributed by atoms with Crippen molar-refractivity contribution in [3.63, 3.8) is 0 Å². The van der Waals surface area contributed by atoms with Gasteiger partial charge >= 0.3 is 12.0 Å². The number of amides is 2. The van der Waals surface area contributed by atoms with Crippen molar-refractivity contribution in [2.45, 2.75) is 6.92 Å². The molecular weight excluding hydrogens is 460 g/mol. The highest BCUT2D eigenvalue weighted by molar-refractivity contribution is 5.94. The Morgan fingerprint density at radius 2 is 1.78 bits per heavy atom. The fourth-order valence-corrected chi connectivity index (χ4v) is 3.58. The van der Waals surface area contributed by atoms with Crippen LogP contribution in [-0.4, -0.2) is 42.3 Å². The fraction of sp³-hybridized carbons (Fsp3) is 0.154. The number of aromatic nitrogens is 2. The van der Waals surface area contributed by atoms with Crippen LogP contribution in [0.4, 0.5) is 22.1 Å². The highest BCUT2D eigenvalue weighted by Gasteiger charge is 2.15. The first-order valence-electron chi connectivity index (χ1n) is 11.3. The summed E-state index contributed by atoms with van der Waals surface area (Å²) in [6.07, 6.45) is 0. The van der Waals surface area contributed by atoms with Gasteiger partial charge in [-0.25, -0.2) is 24.6 Å². The molecule has 3 aromatic carbocycles. The molecule has 3 N–H and O–H groups in total. The van der Waals surface area contributed by atoms with Crippen LogP contribution in [0, 0.1) is 0 Å². The number of nitrogens with zero attached hydrogens (tertiary/aromatic N) is 3. The molecule has 2 amide bonds. The topological polar surface area (TPSA) is 118 Å². The van der Waals surface area contributed by atoms with Gasteiger partial charge in [0.25, 0.3) is 5.56 Å². The molecule has 0 bridgehead atoms. The highest BCUT2D eigenvalue weighted by atomic mass is 16.5. The molecule has 0 unspecified atom stereocenters. The first kappa shape index (κ1) is 24.3. The number of hydrogen-bond donors (Lipinski definition) is 3. The number of anilines is 3. The third-order valence-electron chi connectivity index (χ3n) is 5.30. The first-order valence-corrected chi connectivity index (χ1v) is 11.3. The minimum atomic E-state index is -0.619. The fourth-order valence-electron chi connectivity index (χ4n) is 3.58. The van der Waals surface area contributed by atoms with E-state index in [0.717, 1.165) is 5.69 Å². The molecule has 1 heterocycles. The van der Waals surface area contributed by atoms with Crippen molar-refractivity contribution >= 4 is 40.2 Å². The Balaban J connectivity index is 1.62. The number of esters is 1. The molecule has 0 aliphatic heterocycles. The van der Waals surface area contributed by atoms with Crippen LogP contribution >= 0.6 is 0 Å². The Morgan fingerprint density at radius 1 is 1.00 bits per heavy atom. The van der Waals surface area contributed by atoms with E-state index in [1.165, 1.54) is 10.6 Å². The van der Waals surface area contributed by atoms with Crippen molar-refractivity contribution in [2.24, 2.45) is 0 Å². The molecule has 0 saturated carbocycles. The summed E-state index contributed by atoms with van der Waals surface area (Å²) in [5.74, 6) is -0.353. The lowest BCUT2D eigenvalue weighted by molar-refractivity contribution is 0.0526. The largest absolute Gasteiger partial charge is 0.462 e. The first-order chi connectivity index (χ1) is 17.4. The van der Waals surface area contributed by atoms with Crippen molar-refractivity contribution in [2.75, 3.05) is 36.3 Å². The second kappa shape index (κ2) is 10.6. The van der Waals surface area contributed by atoms with Gasteiger partial charge < -0.3 is 15.0 Å². The van der Waals surface area contributed by atoms with Gasteiger partial charge in [0.2, 0.25) is 5.95 Å². The summed E-state index contributed by atoms with van der Waals surface area (Å²) >= 11 is 0. The van der Waals surface area contributed by atoms with Gasteiger partial charge in [0.1, 0.15) is 0 Å². The molecule has 1 aromatic heterocycles. The van der Waals surface area contributed by atoms with Crippen LogP contribution in [-0.2, 0) is 4.74 Å². The summed E-state index contributed by atoms with van der Waals surface area (Å²) in [5.41, 5.74) is 7.64. The standard InChI is InChI=1S/C26H26N6O4/c1-4-36-24(34)17-9-7-10-18(15-17)27-26(35)30-29-25-28-22-14-6-5-13-21(22)23(33)32(25)20-12-8-11-19(16-20)31(2)3/h5-16H,4H2,1-3H3,(H,28,29)(H2,27,30,35). The summed E-state index contributed by atoms with van der Waals surface area (Å²) in [4.78, 5) is 44.5. The molecule has 10 heteroatoms. The number of rotatable bonds is 7. The Bertz CT molecular complexity index is 1480. The quantitative estimate of drug-likeness (QED) is 0.269. The van der Waals surface area contributed by atoms with E-state index in [2.05, 4.69) is 21.2 Å². The molecule has 4 aromatic rings. The van der Waals surface area contributed by atoms with Crippen LogP contribution in [0.1, 0.15) is 17.3 Å². The number of para-hydroxylation sites is 1. The van der Waals surface area contributed by atoms with Crippen LogP contribution in [0.25, 0.3) is 16.6 Å². The normalized spacial score (nSPS) is 10.5. The van der Waals surface area contributed by atoms with E-state index >= 15 is 0 Å². The summed E-state index contributed by atoms with van der Waals surface area (Å²) in [7, 11) is 3.81. The Labute approximate surface area is 207 Å². The van der Waals surface area contributed by atoms with Crippen LogP contribution in [0.15, 0.2) is 77.6 Å². The average Bonchev–Trinajstić information content (AvgIpc) is 2.88. The molecule has 10 nitrogen and oxygen atoms in total. The maximum Gasteiger partial charge on any atom is 0.338 e. The molecule has 184 valence electrons. The number of urea groups is 1. The smallest absolute Gasteiger partial charge is 0.338 e. The maximum absolute atomic E-state index is 13.4. The lowest BCUT2D eigenvalue weighted by Gasteiger charge is -2.18. The van der Waals surface area contributed by atoms with E-state index in [1.54, 1.807) is 55.5 Å². The number of carbonyl (C=O) groups is 2. The maximum atomic E-state index is 13.4. The molecule has 0 spiro atoms. The van der Waals surface area contributed by atoms with Gasteiger partial charge in [-0.05, 0) is 55.5 Å². The lowest BCUT2D eigenvalue weighted by atomic mass is 10.2. The van der Waals surface area contributed by atoms with E-state index in [4.69, 9.17) is 4.74 Å². The molecule has 0 fully saturated rings. The van der Waals surface area contributed by atoms with Gasteiger partial charge in [-0.2, -0.15) is 0 Å². The predicted octanol–water partition coefficient (Wildman–Crippen LogP) is 3.78. The van der Waals surface area contributed by atoms with Gasteiger partial charge in [-0.15, -0.1) is 0 Å². The second-order valence-corrected chi connectivity index (χ2v) is 8.01. The van der Waals surface area contributed by atoms with Crippen molar-refractivity contribution in [3.8, 4) is 5.69 Å². The zero-order chi connectivity index (χ0) is 25.7. The number of fused-ring (bicyclic) bond motifs is 1. The van der Waals surface area contributed by atoms with Crippen molar-refractivity contribution < 1.29 is 14.3 Å². The summed E-state index contributed by atoms with van der Waals surface area (Å²) in [6.45, 7) is 1.97. The van der Waals surface area contributed by atoms with Gasteiger partial charge in [0, 0.05) is 25.5 Å². The Hall–Kier alpha value is -4.86. The van der Waals surface area contributed by atoms with Crippen molar-refractivity contribution in [1.82, 2.24) is 15.0 Å². The zero-order valence-corrected chi connectivity index (χ0v) is 20.1. The molecule has 36 heavy (non-hydrogen) atoms. The van der Waals surface area contributed by atoms with E-state index in [9.17, 15) is 14.4 Å². The van der Waals surface area contributed by atoms with Gasteiger partial charge in [-0.1, -0.05) is 24.3 Å². The van der Waals surface area contributed by atoms with Crippen LogP contribution in [0.3, 0.4) is 0 Å². The number of carbonyl (C=O) groups excluding carboxylic acids is 2. The molecule has 0 radical (unpaired) electrons. The average molecular weight is 487 g/mol. The van der Waals surface area contributed by atoms with E-state index < -0.39 is 12.0 Å². The third-order valence-corrected chi connectivity index (χ3v) is 5.30. The number of hydrazine groups is 1. The molecule has 0 aliphatic rings. The van der Waals surface area contributed by atoms with Gasteiger partial charge in [0.05, 0.1) is 28.8 Å². The Kier molecular flexibility index (Phi) is 7.15. The summed E-state index contributed by atoms with van der Waals surface area (Å²) < 4.78 is 6.39. The van der Waals surface area contributed by atoms with Crippen molar-refractivity contribution in [3.05, 3.63) is 88.7 Å². The van der Waals surface area contributed by atoms with Crippen LogP contribution in [0.5, 0.6) is 0 Å². The molecule has 0 saturated heterocycles. The minimum absolute atomic E-state index is 0.130. The number of ether oxygens (including phenoxy) is 1. The highest BCUT2D eigenvalue weighted by Crippen LogP contribution is 2.20.